The van der Waals surface area contributed by atoms with Crippen molar-refractivity contribution < 1.29 is 14.4 Å². The molecule has 0 aromatic heterocycles. The molecule has 126 valence electrons. The Balaban J connectivity index is 2.50. The molecule has 4 amide bonds. The Bertz CT molecular complexity index is 413. The zero-order valence-corrected chi connectivity index (χ0v) is 13.3. The minimum Gasteiger partial charge on any atom is -0.352 e. The van der Waals surface area contributed by atoms with Crippen molar-refractivity contribution in [2.75, 3.05) is 19.6 Å². The molecular weight excluding hydrogens is 286 g/mol. The fourth-order valence-corrected chi connectivity index (χ4v) is 2.44. The summed E-state index contributed by atoms with van der Waals surface area (Å²) in [6.45, 7) is 4.58. The van der Waals surface area contributed by atoms with Crippen LogP contribution < -0.4 is 22.1 Å². The van der Waals surface area contributed by atoms with Gasteiger partial charge >= 0.3 is 6.03 Å². The second-order valence-corrected chi connectivity index (χ2v) is 5.97. The van der Waals surface area contributed by atoms with Crippen LogP contribution in [-0.4, -0.2) is 54.5 Å². The minimum atomic E-state index is -0.624. The molecule has 1 saturated heterocycles. The van der Waals surface area contributed by atoms with Gasteiger partial charge in [-0.25, -0.2) is 4.79 Å². The Labute approximate surface area is 131 Å². The van der Waals surface area contributed by atoms with Crippen LogP contribution >= 0.6 is 0 Å². The van der Waals surface area contributed by atoms with E-state index in [1.54, 1.807) is 4.90 Å². The highest BCUT2D eigenvalue weighted by atomic mass is 16.2. The van der Waals surface area contributed by atoms with Gasteiger partial charge in [0.05, 0.1) is 12.6 Å². The summed E-state index contributed by atoms with van der Waals surface area (Å²) in [6, 6.07) is -1.31. The third-order valence-electron chi connectivity index (χ3n) is 3.89. The van der Waals surface area contributed by atoms with Crippen LogP contribution in [0.25, 0.3) is 0 Å². The molecule has 22 heavy (non-hydrogen) atoms. The highest BCUT2D eigenvalue weighted by molar-refractivity contribution is 5.87. The summed E-state index contributed by atoms with van der Waals surface area (Å²) in [5.74, 6) is -0.481. The second kappa shape index (κ2) is 8.57. The average Bonchev–Trinajstić information content (AvgIpc) is 2.49. The molecule has 0 bridgehead atoms. The molecule has 1 heterocycles. The third kappa shape index (κ3) is 5.51. The quantitative estimate of drug-likeness (QED) is 0.508. The van der Waals surface area contributed by atoms with Crippen molar-refractivity contribution in [3.8, 4) is 0 Å². The van der Waals surface area contributed by atoms with Crippen LogP contribution in [0.4, 0.5) is 4.79 Å². The summed E-state index contributed by atoms with van der Waals surface area (Å²) in [4.78, 5) is 36.6. The van der Waals surface area contributed by atoms with E-state index in [9.17, 15) is 14.4 Å². The Morgan fingerprint density at radius 1 is 1.23 bits per heavy atom. The van der Waals surface area contributed by atoms with E-state index >= 15 is 0 Å². The lowest BCUT2D eigenvalue weighted by Crippen LogP contribution is -2.54. The number of piperidine rings is 1. The summed E-state index contributed by atoms with van der Waals surface area (Å²) in [6.07, 6.45) is 2.73. The van der Waals surface area contributed by atoms with Crippen LogP contribution in [0.5, 0.6) is 0 Å². The summed E-state index contributed by atoms with van der Waals surface area (Å²) in [7, 11) is 0. The molecule has 0 aromatic rings. The molecule has 8 heteroatoms. The first-order valence-corrected chi connectivity index (χ1v) is 7.69. The maximum atomic E-state index is 12.3. The van der Waals surface area contributed by atoms with Gasteiger partial charge in [0, 0.05) is 19.1 Å². The normalized spacial score (nSPS) is 19.6. The topological polar surface area (TPSA) is 131 Å². The smallest absolute Gasteiger partial charge is 0.312 e. The van der Waals surface area contributed by atoms with Crippen LogP contribution in [0.15, 0.2) is 0 Å². The fourth-order valence-electron chi connectivity index (χ4n) is 2.44. The van der Waals surface area contributed by atoms with E-state index in [0.29, 0.717) is 13.1 Å². The van der Waals surface area contributed by atoms with E-state index in [1.165, 1.54) is 0 Å². The van der Waals surface area contributed by atoms with E-state index in [0.717, 1.165) is 19.3 Å². The number of nitrogens with one attached hydrogen (secondary N) is 2. The number of nitrogens with two attached hydrogens (primary N) is 2. The molecule has 6 N–H and O–H groups in total. The number of carbonyl (C=O) groups is 3. The second-order valence-electron chi connectivity index (χ2n) is 5.97. The SMILES string of the molecule is CC(C)[C@H](N)C(=O)NCC(=O)N1CCCCC1CNC(N)=O. The van der Waals surface area contributed by atoms with Crippen molar-refractivity contribution in [2.24, 2.45) is 17.4 Å². The lowest BCUT2D eigenvalue weighted by Gasteiger charge is -2.36. The van der Waals surface area contributed by atoms with Gasteiger partial charge in [0.25, 0.3) is 0 Å². The van der Waals surface area contributed by atoms with Gasteiger partial charge in [-0.15, -0.1) is 0 Å². The number of nitrogens with zero attached hydrogens (tertiary/aromatic N) is 1. The molecule has 1 aliphatic heterocycles. The van der Waals surface area contributed by atoms with Gasteiger partial charge in [-0.1, -0.05) is 13.8 Å². The van der Waals surface area contributed by atoms with Gasteiger partial charge < -0.3 is 27.0 Å². The summed E-state index contributed by atoms with van der Waals surface area (Å²) < 4.78 is 0. The summed E-state index contributed by atoms with van der Waals surface area (Å²) in [5.41, 5.74) is 10.8. The van der Waals surface area contributed by atoms with E-state index in [2.05, 4.69) is 10.6 Å². The van der Waals surface area contributed by atoms with Crippen LogP contribution in [0.3, 0.4) is 0 Å². The van der Waals surface area contributed by atoms with Gasteiger partial charge in [-0.05, 0) is 25.2 Å². The third-order valence-corrected chi connectivity index (χ3v) is 3.89. The maximum absolute atomic E-state index is 12.3. The number of carbonyl (C=O) groups excluding carboxylic acids is 3. The minimum absolute atomic E-state index is 0.0117. The molecule has 0 saturated carbocycles. The van der Waals surface area contributed by atoms with Crippen molar-refractivity contribution in [2.45, 2.75) is 45.2 Å². The van der Waals surface area contributed by atoms with Crippen LogP contribution in [0.1, 0.15) is 33.1 Å². The van der Waals surface area contributed by atoms with Crippen molar-refractivity contribution in [3.05, 3.63) is 0 Å². The van der Waals surface area contributed by atoms with Crippen LogP contribution in [-0.2, 0) is 9.59 Å². The largest absolute Gasteiger partial charge is 0.352 e. The number of rotatable bonds is 6. The highest BCUT2D eigenvalue weighted by Gasteiger charge is 2.27. The van der Waals surface area contributed by atoms with Crippen molar-refractivity contribution in [1.82, 2.24) is 15.5 Å². The summed E-state index contributed by atoms with van der Waals surface area (Å²) in [5, 5.41) is 5.11. The Kier molecular flexibility index (Phi) is 7.10. The maximum Gasteiger partial charge on any atom is 0.312 e. The van der Waals surface area contributed by atoms with Gasteiger partial charge in [-0.3, -0.25) is 9.59 Å². The molecule has 8 nitrogen and oxygen atoms in total. The van der Waals surface area contributed by atoms with Gasteiger partial charge in [0.1, 0.15) is 0 Å². The lowest BCUT2D eigenvalue weighted by atomic mass is 10.0. The van der Waals surface area contributed by atoms with E-state index in [1.807, 2.05) is 13.8 Å². The monoisotopic (exact) mass is 313 g/mol. The Morgan fingerprint density at radius 2 is 1.91 bits per heavy atom. The molecule has 1 unspecified atom stereocenters. The number of primary amides is 1. The first-order chi connectivity index (χ1) is 10.3. The average molecular weight is 313 g/mol. The molecule has 1 rings (SSSR count). The molecule has 0 aliphatic carbocycles. The zero-order valence-electron chi connectivity index (χ0n) is 13.3. The molecule has 0 spiro atoms. The predicted molar refractivity (Wildman–Crippen MR) is 82.8 cm³/mol. The first kappa shape index (κ1) is 18.2. The number of amides is 4. The number of hydrogen-bond acceptors (Lipinski definition) is 4. The van der Waals surface area contributed by atoms with Gasteiger partial charge in [0.2, 0.25) is 11.8 Å². The fraction of sp³-hybridized carbons (Fsp3) is 0.786. The van der Waals surface area contributed by atoms with Crippen molar-refractivity contribution in [3.63, 3.8) is 0 Å². The van der Waals surface area contributed by atoms with Gasteiger partial charge in [0.15, 0.2) is 0 Å². The highest BCUT2D eigenvalue weighted by Crippen LogP contribution is 2.16. The van der Waals surface area contributed by atoms with E-state index in [4.69, 9.17) is 11.5 Å². The van der Waals surface area contributed by atoms with Crippen LogP contribution in [0.2, 0.25) is 0 Å². The predicted octanol–water partition coefficient (Wildman–Crippen LogP) is -0.865. The molecular formula is C14H27N5O3. The summed E-state index contributed by atoms with van der Waals surface area (Å²) >= 11 is 0. The van der Waals surface area contributed by atoms with E-state index < -0.39 is 12.1 Å². The Morgan fingerprint density at radius 3 is 2.50 bits per heavy atom. The Hall–Kier alpha value is -1.83. The molecule has 1 fully saturated rings. The lowest BCUT2D eigenvalue weighted by molar-refractivity contribution is -0.136. The van der Waals surface area contributed by atoms with Crippen LogP contribution in [0, 0.1) is 5.92 Å². The standard InChI is InChI=1S/C14H27N5O3/c1-9(2)12(15)13(21)17-8-11(20)19-6-4-3-5-10(19)7-18-14(16)22/h9-10,12H,3-8,15H2,1-2H3,(H,17,21)(H3,16,18,22)/t10?,12-/m0/s1. The van der Waals surface area contributed by atoms with E-state index in [-0.39, 0.29) is 30.3 Å². The van der Waals surface area contributed by atoms with Crippen molar-refractivity contribution in [1.29, 1.82) is 0 Å². The first-order valence-electron chi connectivity index (χ1n) is 7.69. The van der Waals surface area contributed by atoms with Crippen molar-refractivity contribution >= 4 is 17.8 Å². The zero-order chi connectivity index (χ0) is 16.7. The number of hydrogen-bond donors (Lipinski definition) is 4. The van der Waals surface area contributed by atoms with Gasteiger partial charge in [-0.2, -0.15) is 0 Å². The molecule has 0 radical (unpaired) electrons. The molecule has 2 atom stereocenters. The number of urea groups is 1. The molecule has 0 aromatic carbocycles. The number of likely N-dealkylation sites (tertiary alicyclic amines) is 1. The molecule has 1 aliphatic rings.